The Labute approximate surface area is 128 Å². The summed E-state index contributed by atoms with van der Waals surface area (Å²) in [5, 5.41) is 12.2. The van der Waals surface area contributed by atoms with E-state index in [0.717, 1.165) is 36.2 Å². The second-order valence-corrected chi connectivity index (χ2v) is 5.65. The van der Waals surface area contributed by atoms with Crippen molar-refractivity contribution in [3.05, 3.63) is 42.4 Å². The van der Waals surface area contributed by atoms with Crippen molar-refractivity contribution in [1.82, 2.24) is 19.7 Å². The van der Waals surface area contributed by atoms with Crippen LogP contribution in [-0.4, -0.2) is 32.3 Å². The number of nitrogens with zero attached hydrogens (tertiary/aromatic N) is 4. The van der Waals surface area contributed by atoms with Crippen molar-refractivity contribution in [1.29, 1.82) is 0 Å². The molecule has 1 aromatic carbocycles. The summed E-state index contributed by atoms with van der Waals surface area (Å²) < 4.78 is 1.76. The van der Waals surface area contributed by atoms with E-state index in [9.17, 15) is 0 Å². The van der Waals surface area contributed by atoms with Crippen LogP contribution in [0.25, 0.3) is 11.0 Å². The molecule has 0 fully saturated rings. The quantitative estimate of drug-likeness (QED) is 0.775. The van der Waals surface area contributed by atoms with Crippen molar-refractivity contribution < 1.29 is 0 Å². The fourth-order valence-electron chi connectivity index (χ4n) is 2.98. The molecule has 0 unspecified atom stereocenters. The lowest BCUT2D eigenvalue weighted by Crippen LogP contribution is -2.32. The van der Waals surface area contributed by atoms with Gasteiger partial charge in [-0.25, -0.2) is 9.97 Å². The van der Waals surface area contributed by atoms with Gasteiger partial charge in [-0.05, 0) is 24.5 Å². The topological polar surface area (TPSA) is 67.7 Å². The molecule has 0 amide bonds. The molecule has 0 saturated carbocycles. The largest absolute Gasteiger partial charge is 0.380 e. The molecule has 6 nitrogen and oxygen atoms in total. The summed E-state index contributed by atoms with van der Waals surface area (Å²) in [6.07, 6.45) is 5.62. The third kappa shape index (κ3) is 2.26. The van der Waals surface area contributed by atoms with E-state index >= 15 is 0 Å². The maximum atomic E-state index is 4.35. The van der Waals surface area contributed by atoms with E-state index in [-0.39, 0.29) is 0 Å². The first-order valence-electron chi connectivity index (χ1n) is 7.52. The van der Waals surface area contributed by atoms with Gasteiger partial charge >= 0.3 is 0 Å². The monoisotopic (exact) mass is 294 g/mol. The summed E-state index contributed by atoms with van der Waals surface area (Å²) in [5.41, 5.74) is 3.49. The van der Waals surface area contributed by atoms with Gasteiger partial charge in [0.15, 0.2) is 5.65 Å². The first-order valence-corrected chi connectivity index (χ1v) is 7.52. The lowest BCUT2D eigenvalue weighted by Gasteiger charge is -2.27. The maximum Gasteiger partial charge on any atom is 0.163 e. The zero-order valence-corrected chi connectivity index (χ0v) is 12.5. The molecule has 0 spiro atoms. The van der Waals surface area contributed by atoms with Crippen LogP contribution in [0.5, 0.6) is 0 Å². The van der Waals surface area contributed by atoms with Crippen LogP contribution in [0, 0.1) is 0 Å². The number of anilines is 2. The number of hydrogen-bond donors (Lipinski definition) is 2. The molecule has 1 atom stereocenters. The highest BCUT2D eigenvalue weighted by Crippen LogP contribution is 2.25. The summed E-state index contributed by atoms with van der Waals surface area (Å²) in [6.45, 7) is 0.829. The minimum Gasteiger partial charge on any atom is -0.380 e. The Kier molecular flexibility index (Phi) is 3.14. The highest BCUT2D eigenvalue weighted by atomic mass is 15.3. The van der Waals surface area contributed by atoms with Crippen molar-refractivity contribution in [2.24, 2.45) is 7.05 Å². The minimum atomic E-state index is 0.400. The van der Waals surface area contributed by atoms with Gasteiger partial charge in [0.1, 0.15) is 12.1 Å². The molecule has 3 heterocycles. The molecule has 1 aliphatic heterocycles. The molecule has 2 N–H and O–H groups in total. The molecular formula is C16H18N6. The van der Waals surface area contributed by atoms with Gasteiger partial charge < -0.3 is 10.6 Å². The van der Waals surface area contributed by atoms with Crippen LogP contribution in [0.1, 0.15) is 12.0 Å². The molecular weight excluding hydrogens is 276 g/mol. The number of rotatable bonds is 3. The van der Waals surface area contributed by atoms with Crippen LogP contribution < -0.4 is 10.6 Å². The molecule has 0 bridgehead atoms. The molecule has 0 saturated heterocycles. The summed E-state index contributed by atoms with van der Waals surface area (Å²) in [4.78, 5) is 8.61. The molecule has 0 aliphatic carbocycles. The summed E-state index contributed by atoms with van der Waals surface area (Å²) in [6, 6.07) is 8.91. The van der Waals surface area contributed by atoms with Crippen LogP contribution in [-0.2, 0) is 13.5 Å². The summed E-state index contributed by atoms with van der Waals surface area (Å²) >= 11 is 0. The van der Waals surface area contributed by atoms with E-state index in [2.05, 4.69) is 50.0 Å². The van der Waals surface area contributed by atoms with E-state index in [1.807, 2.05) is 7.05 Å². The molecule has 22 heavy (non-hydrogen) atoms. The van der Waals surface area contributed by atoms with Crippen LogP contribution in [0.3, 0.4) is 0 Å². The van der Waals surface area contributed by atoms with Crippen LogP contribution in [0.4, 0.5) is 11.5 Å². The third-order valence-corrected chi connectivity index (χ3v) is 4.18. The molecule has 112 valence electrons. The fraction of sp³-hybridized carbons (Fsp3) is 0.312. The fourth-order valence-corrected chi connectivity index (χ4v) is 2.98. The van der Waals surface area contributed by atoms with E-state index in [1.54, 1.807) is 17.2 Å². The lowest BCUT2D eigenvalue weighted by molar-refractivity contribution is 0.654. The first kappa shape index (κ1) is 13.1. The highest BCUT2D eigenvalue weighted by molar-refractivity contribution is 5.85. The molecule has 1 aliphatic rings. The Hall–Kier alpha value is -2.63. The highest BCUT2D eigenvalue weighted by Gasteiger charge is 2.17. The summed E-state index contributed by atoms with van der Waals surface area (Å²) in [5.74, 6) is 0.846. The number of hydrogen-bond acceptors (Lipinski definition) is 5. The second kappa shape index (κ2) is 5.29. The van der Waals surface area contributed by atoms with Gasteiger partial charge in [0.2, 0.25) is 0 Å². The van der Waals surface area contributed by atoms with Crippen LogP contribution in [0.2, 0.25) is 0 Å². The normalized spacial score (nSPS) is 17.0. The predicted octanol–water partition coefficient (Wildman–Crippen LogP) is 2.20. The third-order valence-electron chi connectivity index (χ3n) is 4.18. The Bertz CT molecular complexity index is 809. The number of benzene rings is 1. The van der Waals surface area contributed by atoms with E-state index in [1.165, 1.54) is 11.3 Å². The number of aryl methyl sites for hydroxylation is 2. The zero-order valence-electron chi connectivity index (χ0n) is 12.5. The minimum absolute atomic E-state index is 0.400. The standard InChI is InChI=1S/C16H18N6/c1-22-16-13(9-20-22)15(18-10-19-16)17-8-12-7-6-11-4-2-3-5-14(11)21-12/h2-5,9-10,12,21H,6-8H2,1H3,(H,17,18,19)/t12-/m0/s1. The molecule has 2 aromatic heterocycles. The van der Waals surface area contributed by atoms with Gasteiger partial charge in [0.05, 0.1) is 11.6 Å². The van der Waals surface area contributed by atoms with E-state index in [0.29, 0.717) is 6.04 Å². The van der Waals surface area contributed by atoms with Crippen molar-refractivity contribution in [2.75, 3.05) is 17.2 Å². The average Bonchev–Trinajstić information content (AvgIpc) is 2.95. The Morgan fingerprint density at radius 2 is 2.23 bits per heavy atom. The number of para-hydroxylation sites is 1. The van der Waals surface area contributed by atoms with Crippen molar-refractivity contribution in [3.63, 3.8) is 0 Å². The Morgan fingerprint density at radius 3 is 3.18 bits per heavy atom. The van der Waals surface area contributed by atoms with Gasteiger partial charge in [0.25, 0.3) is 0 Å². The van der Waals surface area contributed by atoms with Gasteiger partial charge in [-0.15, -0.1) is 0 Å². The smallest absolute Gasteiger partial charge is 0.163 e. The van der Waals surface area contributed by atoms with E-state index < -0.39 is 0 Å². The van der Waals surface area contributed by atoms with Crippen molar-refractivity contribution in [3.8, 4) is 0 Å². The van der Waals surface area contributed by atoms with Gasteiger partial charge in [-0.2, -0.15) is 5.10 Å². The number of aromatic nitrogens is 4. The number of fused-ring (bicyclic) bond motifs is 2. The van der Waals surface area contributed by atoms with Gasteiger partial charge in [0, 0.05) is 25.3 Å². The molecule has 0 radical (unpaired) electrons. The van der Waals surface area contributed by atoms with Gasteiger partial charge in [-0.1, -0.05) is 18.2 Å². The zero-order chi connectivity index (χ0) is 14.9. The second-order valence-electron chi connectivity index (χ2n) is 5.65. The van der Waals surface area contributed by atoms with Crippen molar-refractivity contribution in [2.45, 2.75) is 18.9 Å². The SMILES string of the molecule is Cn1ncc2c(NC[C@@H]3CCc4ccccc4N3)ncnc21. The molecule has 4 rings (SSSR count). The first-order chi connectivity index (χ1) is 10.8. The van der Waals surface area contributed by atoms with Crippen LogP contribution >= 0.6 is 0 Å². The van der Waals surface area contributed by atoms with E-state index in [4.69, 9.17) is 0 Å². The lowest BCUT2D eigenvalue weighted by atomic mass is 9.98. The van der Waals surface area contributed by atoms with Crippen LogP contribution in [0.15, 0.2) is 36.8 Å². The molecule has 6 heteroatoms. The van der Waals surface area contributed by atoms with Gasteiger partial charge in [-0.3, -0.25) is 4.68 Å². The Balaban J connectivity index is 1.49. The summed E-state index contributed by atoms with van der Waals surface area (Å²) in [7, 11) is 1.89. The predicted molar refractivity (Wildman–Crippen MR) is 87.0 cm³/mol. The molecule has 3 aromatic rings. The average molecular weight is 294 g/mol. The number of nitrogens with one attached hydrogen (secondary N) is 2. The Morgan fingerprint density at radius 1 is 1.32 bits per heavy atom. The van der Waals surface area contributed by atoms with Crippen molar-refractivity contribution >= 4 is 22.5 Å². The maximum absolute atomic E-state index is 4.35.